The van der Waals surface area contributed by atoms with Gasteiger partial charge in [0.25, 0.3) is 0 Å². The van der Waals surface area contributed by atoms with Crippen LogP contribution in [0, 0.1) is 0 Å². The molecule has 3 heteroatoms. The van der Waals surface area contributed by atoms with E-state index in [0.717, 1.165) is 6.08 Å². The lowest BCUT2D eigenvalue weighted by atomic mass is 10.0. The first-order valence-electron chi connectivity index (χ1n) is 3.33. The molecule has 0 saturated heterocycles. The third kappa shape index (κ3) is 1.73. The molecule has 1 nitrogen and oxygen atoms in total. The molecule has 1 aliphatic rings. The van der Waals surface area contributed by atoms with Crippen LogP contribution in [0.25, 0.3) is 0 Å². The number of carbonyl (C=O) groups excluding carboxylic acids is 1. The Morgan fingerprint density at radius 3 is 2.82 bits per heavy atom. The molecule has 0 aromatic heterocycles. The zero-order valence-corrected chi connectivity index (χ0v) is 6.10. The molecule has 0 bridgehead atoms. The quantitative estimate of drug-likeness (QED) is 0.571. The Kier molecular flexibility index (Phi) is 2.17. The van der Waals surface area contributed by atoms with Gasteiger partial charge in [-0.1, -0.05) is 6.08 Å². The van der Waals surface area contributed by atoms with Crippen molar-refractivity contribution in [3.8, 4) is 0 Å². The second-order valence-corrected chi connectivity index (χ2v) is 2.45. The molecule has 1 unspecified atom stereocenters. The first kappa shape index (κ1) is 8.11. The average molecular weight is 158 g/mol. The molecule has 0 fully saturated rings. The van der Waals surface area contributed by atoms with Gasteiger partial charge >= 0.3 is 0 Å². The van der Waals surface area contributed by atoms with Crippen LogP contribution in [0.4, 0.5) is 8.78 Å². The van der Waals surface area contributed by atoms with E-state index in [-0.39, 0.29) is 17.8 Å². The molecule has 0 aromatic rings. The smallest absolute Gasteiger partial charge is 0.159 e. The molecular formula is C8H8F2O. The van der Waals surface area contributed by atoms with Crippen LogP contribution < -0.4 is 0 Å². The van der Waals surface area contributed by atoms with E-state index in [1.54, 1.807) is 0 Å². The molecule has 0 aliphatic heterocycles. The molecule has 0 radical (unpaired) electrons. The van der Waals surface area contributed by atoms with Crippen molar-refractivity contribution in [1.82, 2.24) is 0 Å². The second kappa shape index (κ2) is 2.95. The maximum absolute atomic E-state index is 12.5. The van der Waals surface area contributed by atoms with Gasteiger partial charge in [0.1, 0.15) is 5.83 Å². The third-order valence-corrected chi connectivity index (χ3v) is 1.54. The van der Waals surface area contributed by atoms with Crippen LogP contribution in [0.1, 0.15) is 13.3 Å². The first-order valence-corrected chi connectivity index (χ1v) is 3.33. The van der Waals surface area contributed by atoms with Crippen LogP contribution in [-0.2, 0) is 4.79 Å². The Morgan fingerprint density at radius 1 is 1.73 bits per heavy atom. The minimum absolute atomic E-state index is 0.0305. The number of hydrogen-bond donors (Lipinski definition) is 0. The zero-order chi connectivity index (χ0) is 8.43. The van der Waals surface area contributed by atoms with Gasteiger partial charge in [0.05, 0.1) is 0 Å². The summed E-state index contributed by atoms with van der Waals surface area (Å²) in [4.78, 5) is 10.6. The molecule has 1 rings (SSSR count). The van der Waals surface area contributed by atoms with E-state index in [9.17, 15) is 13.6 Å². The molecule has 1 aliphatic carbocycles. The van der Waals surface area contributed by atoms with Gasteiger partial charge in [-0.15, -0.1) is 0 Å². The van der Waals surface area contributed by atoms with Crippen LogP contribution >= 0.6 is 0 Å². The molecule has 0 aromatic carbocycles. The summed E-state index contributed by atoms with van der Waals surface area (Å²) >= 11 is 0. The first-order chi connectivity index (χ1) is 5.11. The lowest BCUT2D eigenvalue weighted by Crippen LogP contribution is -2.07. The maximum atomic E-state index is 12.5. The summed E-state index contributed by atoms with van der Waals surface area (Å²) < 4.78 is 24.9. The van der Waals surface area contributed by atoms with Crippen molar-refractivity contribution < 1.29 is 13.6 Å². The standard InChI is InChI=1S/C8H8F2O/c1-5(11)6-2-3-7(9)8(10)4-6/h2,4,7H,3H2,1H3. The van der Waals surface area contributed by atoms with Crippen molar-refractivity contribution in [2.24, 2.45) is 0 Å². The Hall–Kier alpha value is -0.990. The number of rotatable bonds is 1. The van der Waals surface area contributed by atoms with Gasteiger partial charge in [0, 0.05) is 12.0 Å². The summed E-state index contributed by atoms with van der Waals surface area (Å²) in [5.41, 5.74) is 0.261. The predicted octanol–water partition coefficient (Wildman–Crippen LogP) is 2.10. The molecule has 0 saturated carbocycles. The van der Waals surface area contributed by atoms with Crippen LogP contribution in [0.2, 0.25) is 0 Å². The summed E-state index contributed by atoms with van der Waals surface area (Å²) in [5, 5.41) is 0. The molecule has 0 amide bonds. The second-order valence-electron chi connectivity index (χ2n) is 2.45. The van der Waals surface area contributed by atoms with E-state index >= 15 is 0 Å². The van der Waals surface area contributed by atoms with Crippen molar-refractivity contribution in [1.29, 1.82) is 0 Å². The van der Waals surface area contributed by atoms with Gasteiger partial charge < -0.3 is 0 Å². The van der Waals surface area contributed by atoms with Gasteiger partial charge in [0.15, 0.2) is 12.0 Å². The van der Waals surface area contributed by atoms with Crippen LogP contribution in [-0.4, -0.2) is 12.0 Å². The summed E-state index contributed by atoms with van der Waals surface area (Å²) in [6, 6.07) is 0. The minimum atomic E-state index is -1.56. The Bertz CT molecular complexity index is 240. The Labute approximate surface area is 63.4 Å². The topological polar surface area (TPSA) is 17.1 Å². The minimum Gasteiger partial charge on any atom is -0.295 e. The number of hydrogen-bond acceptors (Lipinski definition) is 1. The molecule has 0 spiro atoms. The highest BCUT2D eigenvalue weighted by Gasteiger charge is 2.17. The maximum Gasteiger partial charge on any atom is 0.159 e. The largest absolute Gasteiger partial charge is 0.295 e. The fraction of sp³-hybridized carbons (Fsp3) is 0.375. The number of ketones is 1. The number of alkyl halides is 1. The fourth-order valence-corrected chi connectivity index (χ4v) is 0.886. The van der Waals surface area contributed by atoms with Crippen molar-refractivity contribution in [3.63, 3.8) is 0 Å². The Morgan fingerprint density at radius 2 is 2.36 bits per heavy atom. The van der Waals surface area contributed by atoms with Crippen LogP contribution in [0.5, 0.6) is 0 Å². The molecule has 0 N–H and O–H groups in total. The van der Waals surface area contributed by atoms with Gasteiger partial charge in [-0.25, -0.2) is 8.78 Å². The van der Waals surface area contributed by atoms with Gasteiger partial charge in [-0.3, -0.25) is 4.79 Å². The summed E-state index contributed by atoms with van der Waals surface area (Å²) in [7, 11) is 0. The number of halogens is 2. The summed E-state index contributed by atoms with van der Waals surface area (Å²) in [6.07, 6.45) is 0.780. The molecular weight excluding hydrogens is 150 g/mol. The number of carbonyl (C=O) groups is 1. The van der Waals surface area contributed by atoms with E-state index in [0.29, 0.717) is 0 Å². The Balaban J connectivity index is 2.83. The van der Waals surface area contributed by atoms with E-state index < -0.39 is 12.0 Å². The number of Topliss-reactive ketones (excluding diaryl/α,β-unsaturated/α-hetero) is 1. The third-order valence-electron chi connectivity index (χ3n) is 1.54. The predicted molar refractivity (Wildman–Crippen MR) is 37.5 cm³/mol. The average Bonchev–Trinajstić information content (AvgIpc) is 1.94. The molecule has 0 heterocycles. The van der Waals surface area contributed by atoms with E-state index in [4.69, 9.17) is 0 Å². The van der Waals surface area contributed by atoms with Gasteiger partial charge in [-0.05, 0) is 13.0 Å². The van der Waals surface area contributed by atoms with Gasteiger partial charge in [0.2, 0.25) is 0 Å². The van der Waals surface area contributed by atoms with E-state index in [1.165, 1.54) is 13.0 Å². The SMILES string of the molecule is CC(=O)C1=CCC(F)C(F)=C1. The monoisotopic (exact) mass is 158 g/mol. The zero-order valence-electron chi connectivity index (χ0n) is 6.10. The summed E-state index contributed by atoms with van der Waals surface area (Å²) in [5.74, 6) is -1.08. The summed E-state index contributed by atoms with van der Waals surface area (Å²) in [6.45, 7) is 1.33. The molecule has 60 valence electrons. The van der Waals surface area contributed by atoms with E-state index in [2.05, 4.69) is 0 Å². The van der Waals surface area contributed by atoms with E-state index in [1.807, 2.05) is 0 Å². The lowest BCUT2D eigenvalue weighted by Gasteiger charge is -2.09. The fourth-order valence-electron chi connectivity index (χ4n) is 0.886. The highest BCUT2D eigenvalue weighted by atomic mass is 19.2. The van der Waals surface area contributed by atoms with Crippen molar-refractivity contribution in [2.45, 2.75) is 19.5 Å². The van der Waals surface area contributed by atoms with Crippen molar-refractivity contribution in [2.75, 3.05) is 0 Å². The molecule has 11 heavy (non-hydrogen) atoms. The van der Waals surface area contributed by atoms with Gasteiger partial charge in [-0.2, -0.15) is 0 Å². The highest BCUT2D eigenvalue weighted by molar-refractivity contribution is 5.96. The number of allylic oxidation sites excluding steroid dienone is 4. The lowest BCUT2D eigenvalue weighted by molar-refractivity contribution is -0.113. The van der Waals surface area contributed by atoms with Crippen LogP contribution in [0.3, 0.4) is 0 Å². The normalized spacial score (nSPS) is 24.1. The molecule has 1 atom stereocenters. The highest BCUT2D eigenvalue weighted by Crippen LogP contribution is 2.21. The van der Waals surface area contributed by atoms with Crippen molar-refractivity contribution in [3.05, 3.63) is 23.6 Å². The van der Waals surface area contributed by atoms with Crippen LogP contribution in [0.15, 0.2) is 23.6 Å². The van der Waals surface area contributed by atoms with Crippen molar-refractivity contribution >= 4 is 5.78 Å².